The highest BCUT2D eigenvalue weighted by molar-refractivity contribution is 9.10. The Labute approximate surface area is 171 Å². The molecule has 2 aromatic carbocycles. The molecule has 6 heteroatoms. The molecule has 2 atom stereocenters. The molecule has 0 bridgehead atoms. The predicted octanol–water partition coefficient (Wildman–Crippen LogP) is 5.58. The van der Waals surface area contributed by atoms with E-state index in [4.69, 9.17) is 9.72 Å². The van der Waals surface area contributed by atoms with Gasteiger partial charge in [-0.2, -0.15) is 0 Å². The average Bonchev–Trinajstić information content (AvgIpc) is 3.13. The van der Waals surface area contributed by atoms with E-state index in [0.29, 0.717) is 5.75 Å². The lowest BCUT2D eigenvalue weighted by atomic mass is 10.0. The monoisotopic (exact) mass is 444 g/mol. The number of benzene rings is 2. The lowest BCUT2D eigenvalue weighted by Gasteiger charge is -2.36. The summed E-state index contributed by atoms with van der Waals surface area (Å²) in [7, 11) is 0. The fourth-order valence-corrected chi connectivity index (χ4v) is 4.87. The van der Waals surface area contributed by atoms with E-state index in [-0.39, 0.29) is 11.9 Å². The number of hydrogen-bond acceptors (Lipinski definition) is 4. The van der Waals surface area contributed by atoms with Gasteiger partial charge in [0.25, 0.3) is 5.91 Å². The Morgan fingerprint density at radius 1 is 1.22 bits per heavy atom. The first-order chi connectivity index (χ1) is 13.1. The molecule has 2 heterocycles. The predicted molar refractivity (Wildman–Crippen MR) is 112 cm³/mol. The number of likely N-dealkylation sites (tertiary alicyclic amines) is 1. The molecule has 4 rings (SSSR count). The van der Waals surface area contributed by atoms with Gasteiger partial charge in [-0.3, -0.25) is 4.79 Å². The molecule has 1 aliphatic rings. The molecule has 1 aromatic heterocycles. The fraction of sp³-hybridized carbons (Fsp3) is 0.333. The number of carbonyl (C=O) groups excluding carboxylic acids is 1. The van der Waals surface area contributed by atoms with Crippen molar-refractivity contribution in [3.8, 4) is 5.75 Å². The van der Waals surface area contributed by atoms with Gasteiger partial charge in [0.1, 0.15) is 10.8 Å². The molecule has 0 radical (unpaired) electrons. The number of carbonyl (C=O) groups is 1. The number of fused-ring (bicyclic) bond motifs is 1. The third-order valence-electron chi connectivity index (χ3n) is 4.86. The van der Waals surface area contributed by atoms with Crippen molar-refractivity contribution < 1.29 is 9.53 Å². The van der Waals surface area contributed by atoms with Crippen molar-refractivity contribution in [3.05, 3.63) is 58.0 Å². The molecule has 3 aromatic rings. The fourth-order valence-electron chi connectivity index (χ4n) is 3.49. The van der Waals surface area contributed by atoms with E-state index in [1.54, 1.807) is 11.3 Å². The molecular formula is C21H21BrN2O2S. The van der Waals surface area contributed by atoms with Gasteiger partial charge in [0.15, 0.2) is 6.10 Å². The summed E-state index contributed by atoms with van der Waals surface area (Å²) < 4.78 is 8.06. The maximum Gasteiger partial charge on any atom is 0.263 e. The van der Waals surface area contributed by atoms with E-state index in [1.165, 1.54) is 4.70 Å². The second-order valence-electron chi connectivity index (χ2n) is 6.78. The molecule has 140 valence electrons. The summed E-state index contributed by atoms with van der Waals surface area (Å²) in [6, 6.07) is 15.8. The Balaban J connectivity index is 1.54. The van der Waals surface area contributed by atoms with Crippen molar-refractivity contribution in [2.24, 2.45) is 0 Å². The van der Waals surface area contributed by atoms with E-state index in [1.807, 2.05) is 54.3 Å². The number of piperidine rings is 1. The molecule has 1 aliphatic heterocycles. The lowest BCUT2D eigenvalue weighted by molar-refractivity contribution is -0.142. The summed E-state index contributed by atoms with van der Waals surface area (Å²) in [4.78, 5) is 19.9. The summed E-state index contributed by atoms with van der Waals surface area (Å²) in [5, 5.41) is 1.03. The van der Waals surface area contributed by atoms with Crippen LogP contribution in [0.2, 0.25) is 0 Å². The molecule has 0 aliphatic carbocycles. The van der Waals surface area contributed by atoms with E-state index in [2.05, 4.69) is 22.0 Å². The SMILES string of the molecule is CC(Oc1ccc(Br)cc1)C(=O)N1CCCCC1c1nc2ccccc2s1. The third kappa shape index (κ3) is 4.01. The number of aromatic nitrogens is 1. The van der Waals surface area contributed by atoms with Crippen LogP contribution < -0.4 is 4.74 Å². The number of rotatable bonds is 4. The Bertz CT molecular complexity index is 908. The molecule has 1 amide bonds. The topological polar surface area (TPSA) is 42.4 Å². The Morgan fingerprint density at radius 2 is 2.00 bits per heavy atom. The molecule has 4 nitrogen and oxygen atoms in total. The number of hydrogen-bond donors (Lipinski definition) is 0. The van der Waals surface area contributed by atoms with Crippen molar-refractivity contribution in [2.45, 2.75) is 38.3 Å². The summed E-state index contributed by atoms with van der Waals surface area (Å²) in [6.07, 6.45) is 2.57. The number of nitrogens with zero attached hydrogens (tertiary/aromatic N) is 2. The summed E-state index contributed by atoms with van der Waals surface area (Å²) >= 11 is 5.11. The zero-order valence-electron chi connectivity index (χ0n) is 15.1. The minimum absolute atomic E-state index is 0.0295. The zero-order chi connectivity index (χ0) is 18.8. The Kier molecular flexibility index (Phi) is 5.45. The first-order valence-electron chi connectivity index (χ1n) is 9.20. The van der Waals surface area contributed by atoms with Crippen LogP contribution in [-0.4, -0.2) is 28.4 Å². The van der Waals surface area contributed by atoms with Gasteiger partial charge in [-0.15, -0.1) is 11.3 Å². The van der Waals surface area contributed by atoms with Gasteiger partial charge < -0.3 is 9.64 Å². The van der Waals surface area contributed by atoms with Gasteiger partial charge in [0.2, 0.25) is 0 Å². The number of halogens is 1. The largest absolute Gasteiger partial charge is 0.481 e. The summed E-state index contributed by atoms with van der Waals surface area (Å²) in [5.74, 6) is 0.731. The second-order valence-corrected chi connectivity index (χ2v) is 8.75. The average molecular weight is 445 g/mol. The molecule has 1 fully saturated rings. The highest BCUT2D eigenvalue weighted by atomic mass is 79.9. The van der Waals surface area contributed by atoms with E-state index >= 15 is 0 Å². The van der Waals surface area contributed by atoms with Crippen LogP contribution in [-0.2, 0) is 4.79 Å². The smallest absolute Gasteiger partial charge is 0.263 e. The lowest BCUT2D eigenvalue weighted by Crippen LogP contribution is -2.44. The van der Waals surface area contributed by atoms with Gasteiger partial charge in [0, 0.05) is 11.0 Å². The van der Waals surface area contributed by atoms with E-state index in [9.17, 15) is 4.79 Å². The Hall–Kier alpha value is -1.92. The van der Waals surface area contributed by atoms with Crippen molar-refractivity contribution in [1.29, 1.82) is 0 Å². The minimum atomic E-state index is -0.527. The third-order valence-corrected chi connectivity index (χ3v) is 6.52. The maximum absolute atomic E-state index is 13.1. The maximum atomic E-state index is 13.1. The van der Waals surface area contributed by atoms with Crippen LogP contribution in [0.4, 0.5) is 0 Å². The number of amides is 1. The highest BCUT2D eigenvalue weighted by Crippen LogP contribution is 2.36. The zero-order valence-corrected chi connectivity index (χ0v) is 17.5. The minimum Gasteiger partial charge on any atom is -0.481 e. The number of para-hydroxylation sites is 1. The first kappa shape index (κ1) is 18.4. The first-order valence-corrected chi connectivity index (χ1v) is 10.8. The van der Waals surface area contributed by atoms with Crippen LogP contribution in [0.1, 0.15) is 37.2 Å². The van der Waals surface area contributed by atoms with Gasteiger partial charge >= 0.3 is 0 Å². The van der Waals surface area contributed by atoms with Crippen LogP contribution in [0.15, 0.2) is 53.0 Å². The number of thiazole rings is 1. The van der Waals surface area contributed by atoms with Gasteiger partial charge in [0.05, 0.1) is 16.3 Å². The van der Waals surface area contributed by atoms with Crippen molar-refractivity contribution in [2.75, 3.05) is 6.54 Å². The van der Waals surface area contributed by atoms with E-state index in [0.717, 1.165) is 40.8 Å². The second kappa shape index (κ2) is 7.98. The van der Waals surface area contributed by atoms with Crippen LogP contribution in [0.3, 0.4) is 0 Å². The molecule has 1 saturated heterocycles. The summed E-state index contributed by atoms with van der Waals surface area (Å²) in [6.45, 7) is 2.59. The van der Waals surface area contributed by atoms with Gasteiger partial charge in [-0.05, 0) is 62.6 Å². The molecule has 27 heavy (non-hydrogen) atoms. The van der Waals surface area contributed by atoms with Crippen LogP contribution in [0, 0.1) is 0 Å². The highest BCUT2D eigenvalue weighted by Gasteiger charge is 2.33. The van der Waals surface area contributed by atoms with Crippen molar-refractivity contribution in [3.63, 3.8) is 0 Å². The van der Waals surface area contributed by atoms with Gasteiger partial charge in [-0.1, -0.05) is 28.1 Å². The Morgan fingerprint density at radius 3 is 2.78 bits per heavy atom. The quantitative estimate of drug-likeness (QED) is 0.527. The molecule has 0 spiro atoms. The van der Waals surface area contributed by atoms with Crippen LogP contribution in [0.5, 0.6) is 5.75 Å². The normalized spacial score (nSPS) is 18.4. The van der Waals surface area contributed by atoms with Crippen LogP contribution in [0.25, 0.3) is 10.2 Å². The standard InChI is InChI=1S/C21H21BrN2O2S/c1-14(26-16-11-9-15(22)10-12-16)21(25)24-13-5-4-7-18(24)20-23-17-6-2-3-8-19(17)27-20/h2-3,6,8-12,14,18H,4-5,7,13H2,1H3. The molecule has 2 unspecified atom stereocenters. The molecular weight excluding hydrogens is 424 g/mol. The van der Waals surface area contributed by atoms with E-state index < -0.39 is 6.10 Å². The number of ether oxygens (including phenoxy) is 1. The van der Waals surface area contributed by atoms with Crippen LogP contribution >= 0.6 is 27.3 Å². The van der Waals surface area contributed by atoms with Crippen molar-refractivity contribution >= 4 is 43.4 Å². The van der Waals surface area contributed by atoms with Gasteiger partial charge in [-0.25, -0.2) is 4.98 Å². The summed E-state index contributed by atoms with van der Waals surface area (Å²) in [5.41, 5.74) is 1.01. The van der Waals surface area contributed by atoms with Crippen molar-refractivity contribution in [1.82, 2.24) is 9.88 Å². The molecule has 0 N–H and O–H groups in total. The molecule has 0 saturated carbocycles.